The number of nitriles is 1. The lowest BCUT2D eigenvalue weighted by atomic mass is 10.1. The number of ketones is 1. The topological polar surface area (TPSA) is 62.9 Å². The van der Waals surface area contributed by atoms with Crippen molar-refractivity contribution in [2.24, 2.45) is 7.05 Å². The lowest BCUT2D eigenvalue weighted by molar-refractivity contribution is 0.105. The predicted molar refractivity (Wildman–Crippen MR) is 98.5 cm³/mol. The fraction of sp³-hybridized carbons (Fsp3) is 0.0500. The smallest absolute Gasteiger partial charge is 0.268 e. The van der Waals surface area contributed by atoms with Crippen LogP contribution in [0.15, 0.2) is 53.3 Å². The van der Waals surface area contributed by atoms with Gasteiger partial charge in [-0.05, 0) is 36.4 Å². The second-order valence-corrected chi connectivity index (χ2v) is 6.65. The van der Waals surface area contributed by atoms with Crippen molar-refractivity contribution in [3.05, 3.63) is 90.8 Å². The Hall–Kier alpha value is -3.37. The Morgan fingerprint density at radius 3 is 2.44 bits per heavy atom. The molecule has 0 aliphatic rings. The Morgan fingerprint density at radius 1 is 1.15 bits per heavy atom. The van der Waals surface area contributed by atoms with Crippen LogP contribution in [0.3, 0.4) is 0 Å². The summed E-state index contributed by atoms with van der Waals surface area (Å²) in [7, 11) is 1.43. The summed E-state index contributed by atoms with van der Waals surface area (Å²) in [6, 6.07) is 12.6. The Balaban J connectivity index is 2.23. The van der Waals surface area contributed by atoms with Crippen molar-refractivity contribution >= 4 is 28.8 Å². The molecule has 0 radical (unpaired) electrons. The standard InChI is InChI=1S/C20H12F2N2O2S/c1-24-19(26)17(10-13-4-2-3-5-16(13)22)27-20(24)15(11-23)18(25)12-6-8-14(21)9-7-12/h2-10H,1H3/b17-10+,20-15-. The third-order valence-corrected chi connectivity index (χ3v) is 5.06. The molecule has 0 spiro atoms. The zero-order valence-corrected chi connectivity index (χ0v) is 14.9. The molecular formula is C20H12F2N2O2S. The molecule has 1 heterocycles. The molecule has 0 N–H and O–H groups in total. The molecule has 4 nitrogen and oxygen atoms in total. The van der Waals surface area contributed by atoms with Crippen molar-refractivity contribution in [3.63, 3.8) is 0 Å². The van der Waals surface area contributed by atoms with E-state index in [1.165, 1.54) is 48.0 Å². The van der Waals surface area contributed by atoms with Crippen molar-refractivity contribution in [2.45, 2.75) is 0 Å². The molecule has 0 amide bonds. The van der Waals surface area contributed by atoms with Gasteiger partial charge in [0.05, 0.1) is 4.53 Å². The van der Waals surface area contributed by atoms with Crippen LogP contribution < -0.4 is 14.8 Å². The number of hydrogen-bond donors (Lipinski definition) is 0. The number of nitrogens with zero attached hydrogens (tertiary/aromatic N) is 2. The molecule has 3 rings (SSSR count). The number of hydrogen-bond acceptors (Lipinski definition) is 4. The highest BCUT2D eigenvalue weighted by Crippen LogP contribution is 2.10. The molecule has 0 unspecified atom stereocenters. The first-order valence-electron chi connectivity index (χ1n) is 7.79. The molecule has 134 valence electrons. The highest BCUT2D eigenvalue weighted by Gasteiger charge is 2.16. The summed E-state index contributed by atoms with van der Waals surface area (Å²) in [5.41, 5.74) is -0.322. The quantitative estimate of drug-likeness (QED) is 0.652. The number of halogens is 2. The lowest BCUT2D eigenvalue weighted by Gasteiger charge is -1.99. The lowest BCUT2D eigenvalue weighted by Crippen LogP contribution is -2.30. The Labute approximate surface area is 156 Å². The Bertz CT molecular complexity index is 1250. The fourth-order valence-corrected chi connectivity index (χ4v) is 3.54. The van der Waals surface area contributed by atoms with Crippen LogP contribution in [-0.4, -0.2) is 10.4 Å². The maximum Gasteiger partial charge on any atom is 0.268 e. The molecule has 0 aliphatic heterocycles. The highest BCUT2D eigenvalue weighted by molar-refractivity contribution is 7.07. The first kappa shape index (κ1) is 18.4. The fourth-order valence-electron chi connectivity index (χ4n) is 2.46. The van der Waals surface area contributed by atoms with Gasteiger partial charge in [-0.25, -0.2) is 8.78 Å². The molecule has 0 saturated carbocycles. The normalized spacial score (nSPS) is 12.6. The first-order chi connectivity index (χ1) is 12.9. The number of thiazole rings is 1. The van der Waals surface area contributed by atoms with Gasteiger partial charge in [0.1, 0.15) is 27.9 Å². The van der Waals surface area contributed by atoms with Gasteiger partial charge in [0, 0.05) is 18.2 Å². The van der Waals surface area contributed by atoms with E-state index >= 15 is 0 Å². The van der Waals surface area contributed by atoms with Gasteiger partial charge < -0.3 is 4.57 Å². The summed E-state index contributed by atoms with van der Waals surface area (Å²) in [6.07, 6.45) is 1.38. The zero-order chi connectivity index (χ0) is 19.6. The molecule has 0 aliphatic carbocycles. The van der Waals surface area contributed by atoms with Gasteiger partial charge in [0.2, 0.25) is 5.78 Å². The van der Waals surface area contributed by atoms with Gasteiger partial charge in [-0.1, -0.05) is 18.2 Å². The molecule has 7 heteroatoms. The third-order valence-electron chi connectivity index (χ3n) is 3.88. The van der Waals surface area contributed by atoms with Crippen molar-refractivity contribution in [1.82, 2.24) is 4.57 Å². The monoisotopic (exact) mass is 382 g/mol. The summed E-state index contributed by atoms with van der Waals surface area (Å²) in [5, 5.41) is 9.46. The molecule has 2 aromatic carbocycles. The van der Waals surface area contributed by atoms with Crippen LogP contribution in [0.25, 0.3) is 11.6 Å². The molecule has 1 aromatic heterocycles. The maximum absolute atomic E-state index is 13.8. The molecule has 0 bridgehead atoms. The van der Waals surface area contributed by atoms with Crippen LogP contribution in [0.2, 0.25) is 0 Å². The molecule has 0 fully saturated rings. The molecule has 0 atom stereocenters. The van der Waals surface area contributed by atoms with Crippen LogP contribution in [0, 0.1) is 23.0 Å². The summed E-state index contributed by atoms with van der Waals surface area (Å²) in [6.45, 7) is 0. The minimum absolute atomic E-state index is 0.133. The number of benzene rings is 2. The van der Waals surface area contributed by atoms with Gasteiger partial charge in [-0.3, -0.25) is 9.59 Å². The predicted octanol–water partition coefficient (Wildman–Crippen LogP) is 2.11. The summed E-state index contributed by atoms with van der Waals surface area (Å²) in [4.78, 5) is 25.1. The van der Waals surface area contributed by atoms with Crippen LogP contribution in [0.1, 0.15) is 15.9 Å². The van der Waals surface area contributed by atoms with E-state index in [-0.39, 0.29) is 25.9 Å². The number of Topliss-reactive ketones (excluding diaryl/α,β-unsaturated/α-hetero) is 1. The molecular weight excluding hydrogens is 370 g/mol. The second kappa shape index (κ2) is 7.48. The van der Waals surface area contributed by atoms with Gasteiger partial charge in [-0.15, -0.1) is 11.3 Å². The van der Waals surface area contributed by atoms with E-state index in [9.17, 15) is 23.6 Å². The number of carbonyl (C=O) groups excluding carboxylic acids is 1. The Kier molecular flexibility index (Phi) is 5.10. The van der Waals surface area contributed by atoms with E-state index in [2.05, 4.69) is 0 Å². The zero-order valence-electron chi connectivity index (χ0n) is 14.1. The first-order valence-corrected chi connectivity index (χ1v) is 8.61. The number of carbonyl (C=O) groups is 1. The van der Waals surface area contributed by atoms with E-state index in [1.54, 1.807) is 6.07 Å². The largest absolute Gasteiger partial charge is 0.301 e. The SMILES string of the molecule is Cn1c(=O)/c(=C\c2ccccc2F)s/c1=C(/C#N)C(=O)c1ccc(F)cc1. The molecule has 0 saturated heterocycles. The summed E-state index contributed by atoms with van der Waals surface area (Å²) in [5.74, 6) is -1.61. The van der Waals surface area contributed by atoms with E-state index in [1.807, 2.05) is 6.07 Å². The van der Waals surface area contributed by atoms with Crippen molar-refractivity contribution in [3.8, 4) is 6.07 Å². The van der Waals surface area contributed by atoms with Crippen LogP contribution in [0.5, 0.6) is 0 Å². The summed E-state index contributed by atoms with van der Waals surface area (Å²) < 4.78 is 28.4. The van der Waals surface area contributed by atoms with E-state index in [4.69, 9.17) is 0 Å². The minimum Gasteiger partial charge on any atom is -0.301 e. The van der Waals surface area contributed by atoms with Gasteiger partial charge in [0.25, 0.3) is 5.56 Å². The summed E-state index contributed by atoms with van der Waals surface area (Å²) >= 11 is 0.922. The average molecular weight is 382 g/mol. The second-order valence-electron chi connectivity index (χ2n) is 5.62. The number of aromatic nitrogens is 1. The van der Waals surface area contributed by atoms with Crippen LogP contribution >= 0.6 is 11.3 Å². The van der Waals surface area contributed by atoms with Gasteiger partial charge in [0.15, 0.2) is 0 Å². The van der Waals surface area contributed by atoms with Crippen molar-refractivity contribution in [1.29, 1.82) is 5.26 Å². The van der Waals surface area contributed by atoms with Gasteiger partial charge >= 0.3 is 0 Å². The number of rotatable bonds is 3. The minimum atomic E-state index is -0.619. The van der Waals surface area contributed by atoms with Crippen molar-refractivity contribution in [2.75, 3.05) is 0 Å². The molecule has 27 heavy (non-hydrogen) atoms. The van der Waals surface area contributed by atoms with E-state index in [0.29, 0.717) is 0 Å². The van der Waals surface area contributed by atoms with Crippen LogP contribution in [0.4, 0.5) is 8.78 Å². The van der Waals surface area contributed by atoms with Crippen LogP contribution in [-0.2, 0) is 7.05 Å². The maximum atomic E-state index is 13.8. The average Bonchev–Trinajstić information content (AvgIpc) is 2.93. The van der Waals surface area contributed by atoms with Crippen molar-refractivity contribution < 1.29 is 13.6 Å². The van der Waals surface area contributed by atoms with E-state index in [0.717, 1.165) is 23.5 Å². The van der Waals surface area contributed by atoms with E-state index < -0.39 is 23.0 Å². The Morgan fingerprint density at radius 2 is 1.81 bits per heavy atom. The third kappa shape index (κ3) is 3.61. The van der Waals surface area contributed by atoms with Gasteiger partial charge in [-0.2, -0.15) is 5.26 Å². The molecule has 3 aromatic rings. The highest BCUT2D eigenvalue weighted by atomic mass is 32.1.